The normalized spacial score (nSPS) is 10.0. The second kappa shape index (κ2) is 7.35. The van der Waals surface area contributed by atoms with Crippen LogP contribution < -0.4 is 10.6 Å². The van der Waals surface area contributed by atoms with E-state index in [-0.39, 0.29) is 12.2 Å². The van der Waals surface area contributed by atoms with Gasteiger partial charge in [-0.1, -0.05) is 6.07 Å². The zero-order chi connectivity index (χ0) is 16.8. The van der Waals surface area contributed by atoms with Gasteiger partial charge in [0.15, 0.2) is 11.6 Å². The van der Waals surface area contributed by atoms with Gasteiger partial charge in [-0.2, -0.15) is 0 Å². The molecule has 0 spiro atoms. The summed E-state index contributed by atoms with van der Waals surface area (Å²) in [6, 6.07) is 9.49. The van der Waals surface area contributed by atoms with Crippen molar-refractivity contribution >= 4 is 23.3 Å². The number of esters is 1. The molecule has 0 saturated carbocycles. The molecule has 0 unspecified atom stereocenters. The van der Waals surface area contributed by atoms with E-state index in [1.165, 1.54) is 19.2 Å². The van der Waals surface area contributed by atoms with Gasteiger partial charge in [-0.25, -0.2) is 13.6 Å². The lowest BCUT2D eigenvalue weighted by Gasteiger charge is -2.09. The Kier molecular flexibility index (Phi) is 5.24. The molecule has 0 aliphatic rings. The van der Waals surface area contributed by atoms with Crippen molar-refractivity contribution in [1.29, 1.82) is 0 Å². The number of carbonyl (C=O) groups excluding carboxylic acids is 2. The summed E-state index contributed by atoms with van der Waals surface area (Å²) in [7, 11) is 1.26. The zero-order valence-electron chi connectivity index (χ0n) is 12.2. The number of amides is 1. The van der Waals surface area contributed by atoms with Crippen LogP contribution in [0.1, 0.15) is 10.4 Å². The predicted octanol–water partition coefficient (Wildman–Crippen LogP) is 2.80. The molecule has 120 valence electrons. The summed E-state index contributed by atoms with van der Waals surface area (Å²) < 4.78 is 30.4. The summed E-state index contributed by atoms with van der Waals surface area (Å²) in [5.41, 5.74) is 1.01. The summed E-state index contributed by atoms with van der Waals surface area (Å²) in [4.78, 5) is 23.2. The highest BCUT2D eigenvalue weighted by Gasteiger charge is 2.08. The first kappa shape index (κ1) is 16.4. The minimum Gasteiger partial charge on any atom is -0.465 e. The Balaban J connectivity index is 1.94. The lowest BCUT2D eigenvalue weighted by atomic mass is 10.2. The molecule has 2 aromatic rings. The summed E-state index contributed by atoms with van der Waals surface area (Å²) in [6.45, 7) is -0.145. The Morgan fingerprint density at radius 1 is 1.04 bits per heavy atom. The van der Waals surface area contributed by atoms with Crippen LogP contribution in [0.4, 0.5) is 20.2 Å². The number of benzene rings is 2. The van der Waals surface area contributed by atoms with Crippen LogP contribution >= 0.6 is 0 Å². The standard InChI is InChI=1S/C16H14F2N2O3/c1-23-16(22)10-3-2-4-12(7-10)20-15(21)9-19-11-5-6-13(17)14(18)8-11/h2-8,19H,9H2,1H3,(H,20,21). The summed E-state index contributed by atoms with van der Waals surface area (Å²) in [5, 5.41) is 5.25. The van der Waals surface area contributed by atoms with Crippen molar-refractivity contribution in [3.8, 4) is 0 Å². The van der Waals surface area contributed by atoms with Crippen LogP contribution in [-0.4, -0.2) is 25.5 Å². The minimum absolute atomic E-state index is 0.145. The number of nitrogens with one attached hydrogen (secondary N) is 2. The van der Waals surface area contributed by atoms with E-state index in [0.717, 1.165) is 12.1 Å². The number of halogens is 2. The Hall–Kier alpha value is -2.96. The number of hydrogen-bond donors (Lipinski definition) is 2. The summed E-state index contributed by atoms with van der Waals surface area (Å²) in [6.07, 6.45) is 0. The van der Waals surface area contributed by atoms with Gasteiger partial charge in [0.1, 0.15) is 0 Å². The molecule has 0 saturated heterocycles. The number of rotatable bonds is 5. The number of carbonyl (C=O) groups is 2. The minimum atomic E-state index is -0.999. The van der Waals surface area contributed by atoms with Gasteiger partial charge in [-0.05, 0) is 30.3 Å². The van der Waals surface area contributed by atoms with E-state index >= 15 is 0 Å². The Morgan fingerprint density at radius 2 is 1.83 bits per heavy atom. The van der Waals surface area contributed by atoms with E-state index in [4.69, 9.17) is 0 Å². The van der Waals surface area contributed by atoms with Crippen LogP contribution in [0, 0.1) is 11.6 Å². The van der Waals surface area contributed by atoms with Crippen molar-refractivity contribution in [2.45, 2.75) is 0 Å². The molecule has 0 atom stereocenters. The molecule has 0 aromatic heterocycles. The quantitative estimate of drug-likeness (QED) is 0.831. The highest BCUT2D eigenvalue weighted by molar-refractivity contribution is 5.96. The second-order valence-corrected chi connectivity index (χ2v) is 4.60. The number of ether oxygens (including phenoxy) is 1. The molecule has 5 nitrogen and oxygen atoms in total. The van der Waals surface area contributed by atoms with Crippen LogP contribution in [0.15, 0.2) is 42.5 Å². The second-order valence-electron chi connectivity index (χ2n) is 4.60. The fraction of sp³-hybridized carbons (Fsp3) is 0.125. The smallest absolute Gasteiger partial charge is 0.337 e. The van der Waals surface area contributed by atoms with Gasteiger partial charge in [-0.15, -0.1) is 0 Å². The van der Waals surface area contributed by atoms with Crippen LogP contribution in [0.3, 0.4) is 0 Å². The topological polar surface area (TPSA) is 67.4 Å². The maximum atomic E-state index is 13.0. The Morgan fingerprint density at radius 3 is 2.52 bits per heavy atom. The van der Waals surface area contributed by atoms with Crippen molar-refractivity contribution in [3.05, 3.63) is 59.7 Å². The molecule has 0 aliphatic heterocycles. The first-order valence-corrected chi connectivity index (χ1v) is 6.67. The monoisotopic (exact) mass is 320 g/mol. The van der Waals surface area contributed by atoms with Crippen molar-refractivity contribution < 1.29 is 23.1 Å². The number of methoxy groups -OCH3 is 1. The largest absolute Gasteiger partial charge is 0.465 e. The highest BCUT2D eigenvalue weighted by atomic mass is 19.2. The Bertz CT molecular complexity index is 735. The van der Waals surface area contributed by atoms with Crippen molar-refractivity contribution in [2.24, 2.45) is 0 Å². The molecule has 0 fully saturated rings. The van der Waals surface area contributed by atoms with E-state index in [9.17, 15) is 18.4 Å². The third-order valence-corrected chi connectivity index (χ3v) is 2.94. The summed E-state index contributed by atoms with van der Waals surface area (Å²) >= 11 is 0. The van der Waals surface area contributed by atoms with Crippen LogP contribution in [0.5, 0.6) is 0 Å². The SMILES string of the molecule is COC(=O)c1cccc(NC(=O)CNc2ccc(F)c(F)c2)c1. The van der Waals surface area contributed by atoms with Crippen molar-refractivity contribution in [2.75, 3.05) is 24.3 Å². The third-order valence-electron chi connectivity index (χ3n) is 2.94. The van der Waals surface area contributed by atoms with Gasteiger partial charge in [0, 0.05) is 17.4 Å². The van der Waals surface area contributed by atoms with E-state index < -0.39 is 23.5 Å². The average Bonchev–Trinajstić information content (AvgIpc) is 2.55. The maximum Gasteiger partial charge on any atom is 0.337 e. The Labute approximate surface area is 131 Å². The zero-order valence-corrected chi connectivity index (χ0v) is 12.2. The van der Waals surface area contributed by atoms with Crippen molar-refractivity contribution in [1.82, 2.24) is 0 Å². The number of hydrogen-bond acceptors (Lipinski definition) is 4. The number of anilines is 2. The molecule has 2 aromatic carbocycles. The summed E-state index contributed by atoms with van der Waals surface area (Å²) in [5.74, 6) is -2.88. The molecule has 0 aliphatic carbocycles. The van der Waals surface area contributed by atoms with Crippen LogP contribution in [-0.2, 0) is 9.53 Å². The third kappa shape index (κ3) is 4.50. The average molecular weight is 320 g/mol. The molecular weight excluding hydrogens is 306 g/mol. The van der Waals surface area contributed by atoms with Gasteiger partial charge in [-0.3, -0.25) is 4.79 Å². The predicted molar refractivity (Wildman–Crippen MR) is 81.3 cm³/mol. The van der Waals surface area contributed by atoms with Crippen LogP contribution in [0.2, 0.25) is 0 Å². The lowest BCUT2D eigenvalue weighted by Crippen LogP contribution is -2.22. The fourth-order valence-electron chi connectivity index (χ4n) is 1.84. The molecule has 7 heteroatoms. The maximum absolute atomic E-state index is 13.0. The van der Waals surface area contributed by atoms with Gasteiger partial charge in [0.25, 0.3) is 0 Å². The van der Waals surface area contributed by atoms with Gasteiger partial charge >= 0.3 is 5.97 Å². The van der Waals surface area contributed by atoms with Gasteiger partial charge < -0.3 is 15.4 Å². The van der Waals surface area contributed by atoms with E-state index in [1.807, 2.05) is 0 Å². The molecule has 2 N–H and O–H groups in total. The highest BCUT2D eigenvalue weighted by Crippen LogP contribution is 2.14. The van der Waals surface area contributed by atoms with Gasteiger partial charge in [0.2, 0.25) is 5.91 Å². The molecule has 23 heavy (non-hydrogen) atoms. The van der Waals surface area contributed by atoms with Gasteiger partial charge in [0.05, 0.1) is 19.2 Å². The molecule has 2 rings (SSSR count). The molecule has 0 radical (unpaired) electrons. The fourth-order valence-corrected chi connectivity index (χ4v) is 1.84. The van der Waals surface area contributed by atoms with E-state index in [0.29, 0.717) is 11.3 Å². The van der Waals surface area contributed by atoms with Crippen LogP contribution in [0.25, 0.3) is 0 Å². The first-order chi connectivity index (χ1) is 11.0. The lowest BCUT2D eigenvalue weighted by molar-refractivity contribution is -0.114. The molecule has 0 bridgehead atoms. The molecule has 0 heterocycles. The molecular formula is C16H14F2N2O3. The van der Waals surface area contributed by atoms with Crippen molar-refractivity contribution in [3.63, 3.8) is 0 Å². The molecule has 1 amide bonds. The van der Waals surface area contributed by atoms with E-state index in [1.54, 1.807) is 18.2 Å². The first-order valence-electron chi connectivity index (χ1n) is 6.67. The van der Waals surface area contributed by atoms with E-state index in [2.05, 4.69) is 15.4 Å².